The van der Waals surface area contributed by atoms with Crippen molar-refractivity contribution in [2.24, 2.45) is 0 Å². The predicted octanol–water partition coefficient (Wildman–Crippen LogP) is 0.418. The Kier molecular flexibility index (Phi) is 4.44. The molecule has 1 aliphatic heterocycles. The third-order valence-electron chi connectivity index (χ3n) is 3.14. The van der Waals surface area contributed by atoms with E-state index in [0.717, 1.165) is 16.9 Å². The number of sulfone groups is 1. The zero-order valence-electron chi connectivity index (χ0n) is 11.0. The summed E-state index contributed by atoms with van der Waals surface area (Å²) in [5.41, 5.74) is 1.84. The molecule has 5 nitrogen and oxygen atoms in total. The molecule has 6 heteroatoms. The summed E-state index contributed by atoms with van der Waals surface area (Å²) in [4.78, 5) is 2.06. The molecule has 0 amide bonds. The first-order chi connectivity index (χ1) is 8.98. The monoisotopic (exact) mass is 285 g/mol. The van der Waals surface area contributed by atoms with Crippen molar-refractivity contribution in [2.45, 2.75) is 13.2 Å². The van der Waals surface area contributed by atoms with E-state index in [0.29, 0.717) is 26.2 Å². The molecular formula is C13H19NO4S. The molecule has 1 N–H and O–H groups in total. The van der Waals surface area contributed by atoms with Crippen LogP contribution in [0.25, 0.3) is 0 Å². The van der Waals surface area contributed by atoms with Gasteiger partial charge in [0, 0.05) is 31.5 Å². The number of benzene rings is 1. The van der Waals surface area contributed by atoms with E-state index in [1.807, 2.05) is 18.2 Å². The van der Waals surface area contributed by atoms with E-state index in [1.165, 1.54) is 6.26 Å². The second-order valence-corrected chi connectivity index (χ2v) is 7.11. The molecule has 2 rings (SSSR count). The lowest BCUT2D eigenvalue weighted by molar-refractivity contribution is 0.235. The van der Waals surface area contributed by atoms with Crippen molar-refractivity contribution in [3.05, 3.63) is 29.3 Å². The van der Waals surface area contributed by atoms with E-state index in [4.69, 9.17) is 9.84 Å². The quantitative estimate of drug-likeness (QED) is 0.868. The van der Waals surface area contributed by atoms with Gasteiger partial charge in [-0.2, -0.15) is 0 Å². The lowest BCUT2D eigenvalue weighted by atomic mass is 10.1. The van der Waals surface area contributed by atoms with Crippen LogP contribution in [0.15, 0.2) is 18.2 Å². The standard InChI is InChI=1S/C13H19NO4S/c1-19(16,17)7-5-14-4-6-18-13-3-2-11(10-15)8-12(13)9-14/h2-3,8,15H,4-7,9-10H2,1H3. The maximum absolute atomic E-state index is 11.2. The summed E-state index contributed by atoms with van der Waals surface area (Å²) in [7, 11) is -2.95. The minimum absolute atomic E-state index is 0.00335. The number of hydrogen-bond acceptors (Lipinski definition) is 5. The largest absolute Gasteiger partial charge is 0.492 e. The first-order valence-corrected chi connectivity index (χ1v) is 8.29. The summed E-state index contributed by atoms with van der Waals surface area (Å²) in [6.07, 6.45) is 1.25. The van der Waals surface area contributed by atoms with Crippen molar-refractivity contribution >= 4 is 9.84 Å². The molecule has 1 heterocycles. The van der Waals surface area contributed by atoms with Gasteiger partial charge in [0.2, 0.25) is 0 Å². The van der Waals surface area contributed by atoms with Crippen LogP contribution in [-0.2, 0) is 23.0 Å². The Morgan fingerprint density at radius 2 is 2.21 bits per heavy atom. The highest BCUT2D eigenvalue weighted by Gasteiger charge is 2.16. The van der Waals surface area contributed by atoms with Crippen LogP contribution in [0.4, 0.5) is 0 Å². The van der Waals surface area contributed by atoms with Gasteiger partial charge in [-0.15, -0.1) is 0 Å². The zero-order chi connectivity index (χ0) is 13.9. The van der Waals surface area contributed by atoms with Crippen LogP contribution in [-0.4, -0.2) is 50.1 Å². The van der Waals surface area contributed by atoms with Crippen LogP contribution in [0.5, 0.6) is 5.75 Å². The van der Waals surface area contributed by atoms with Gasteiger partial charge >= 0.3 is 0 Å². The van der Waals surface area contributed by atoms with Gasteiger partial charge < -0.3 is 9.84 Å². The zero-order valence-corrected chi connectivity index (χ0v) is 11.8. The summed E-state index contributed by atoms with van der Waals surface area (Å²) in [6, 6.07) is 5.61. The summed E-state index contributed by atoms with van der Waals surface area (Å²) in [5, 5.41) is 9.15. The number of fused-ring (bicyclic) bond motifs is 1. The van der Waals surface area contributed by atoms with Gasteiger partial charge in [-0.05, 0) is 17.7 Å². The molecule has 1 aromatic carbocycles. The molecule has 0 saturated heterocycles. The fourth-order valence-electron chi connectivity index (χ4n) is 2.09. The van der Waals surface area contributed by atoms with Crippen LogP contribution in [0.3, 0.4) is 0 Å². The second-order valence-electron chi connectivity index (χ2n) is 4.85. The molecule has 0 spiro atoms. The Labute approximate surface area is 113 Å². The minimum atomic E-state index is -2.95. The fraction of sp³-hybridized carbons (Fsp3) is 0.538. The number of hydrogen-bond donors (Lipinski definition) is 1. The molecule has 0 bridgehead atoms. The van der Waals surface area contributed by atoms with Crippen LogP contribution < -0.4 is 4.74 Å². The number of aliphatic hydroxyl groups excluding tert-OH is 1. The van der Waals surface area contributed by atoms with E-state index in [1.54, 1.807) is 0 Å². The highest BCUT2D eigenvalue weighted by atomic mass is 32.2. The molecule has 0 aromatic heterocycles. The first-order valence-electron chi connectivity index (χ1n) is 6.23. The summed E-state index contributed by atoms with van der Waals surface area (Å²) >= 11 is 0. The van der Waals surface area contributed by atoms with Gasteiger partial charge in [-0.25, -0.2) is 8.42 Å². The molecule has 1 aromatic rings. The molecule has 0 radical (unpaired) electrons. The topological polar surface area (TPSA) is 66.8 Å². The van der Waals surface area contributed by atoms with Crippen molar-refractivity contribution < 1.29 is 18.3 Å². The summed E-state index contributed by atoms with van der Waals surface area (Å²) in [5.74, 6) is 0.973. The van der Waals surface area contributed by atoms with Gasteiger partial charge in [-0.3, -0.25) is 4.90 Å². The van der Waals surface area contributed by atoms with Gasteiger partial charge in [0.05, 0.1) is 12.4 Å². The maximum atomic E-state index is 11.2. The van der Waals surface area contributed by atoms with Crippen molar-refractivity contribution in [1.82, 2.24) is 4.90 Å². The van der Waals surface area contributed by atoms with E-state index < -0.39 is 9.84 Å². The number of ether oxygens (including phenoxy) is 1. The van der Waals surface area contributed by atoms with E-state index >= 15 is 0 Å². The van der Waals surface area contributed by atoms with Crippen molar-refractivity contribution in [3.8, 4) is 5.75 Å². The predicted molar refractivity (Wildman–Crippen MR) is 72.8 cm³/mol. The van der Waals surface area contributed by atoms with Crippen molar-refractivity contribution in [1.29, 1.82) is 0 Å². The Balaban J connectivity index is 2.10. The highest BCUT2D eigenvalue weighted by molar-refractivity contribution is 7.90. The molecule has 106 valence electrons. The lowest BCUT2D eigenvalue weighted by Gasteiger charge is -2.18. The molecule has 0 fully saturated rings. The average Bonchev–Trinajstić information content (AvgIpc) is 2.56. The molecule has 0 atom stereocenters. The highest BCUT2D eigenvalue weighted by Crippen LogP contribution is 2.24. The van der Waals surface area contributed by atoms with Gasteiger partial charge in [0.25, 0.3) is 0 Å². The Bertz CT molecular complexity index is 542. The fourth-order valence-corrected chi connectivity index (χ4v) is 2.68. The first kappa shape index (κ1) is 14.3. The van der Waals surface area contributed by atoms with Crippen LogP contribution >= 0.6 is 0 Å². The van der Waals surface area contributed by atoms with Gasteiger partial charge in [0.15, 0.2) is 0 Å². The minimum Gasteiger partial charge on any atom is -0.492 e. The van der Waals surface area contributed by atoms with Crippen molar-refractivity contribution in [2.75, 3.05) is 31.7 Å². The van der Waals surface area contributed by atoms with Crippen molar-refractivity contribution in [3.63, 3.8) is 0 Å². The smallest absolute Gasteiger partial charge is 0.148 e. The molecule has 0 unspecified atom stereocenters. The summed E-state index contributed by atoms with van der Waals surface area (Å²) < 4.78 is 28.1. The van der Waals surface area contributed by atoms with E-state index in [-0.39, 0.29) is 12.4 Å². The van der Waals surface area contributed by atoms with Crippen LogP contribution in [0.1, 0.15) is 11.1 Å². The van der Waals surface area contributed by atoms with E-state index in [9.17, 15) is 8.42 Å². The molecule has 1 aliphatic rings. The third-order valence-corrected chi connectivity index (χ3v) is 4.07. The second kappa shape index (κ2) is 5.90. The van der Waals surface area contributed by atoms with Gasteiger partial charge in [0.1, 0.15) is 22.2 Å². The Hall–Kier alpha value is -1.11. The molecule has 0 saturated carbocycles. The molecular weight excluding hydrogens is 266 g/mol. The maximum Gasteiger partial charge on any atom is 0.148 e. The number of aliphatic hydroxyl groups is 1. The molecule has 0 aliphatic carbocycles. The molecule has 19 heavy (non-hydrogen) atoms. The Morgan fingerprint density at radius 3 is 2.89 bits per heavy atom. The van der Waals surface area contributed by atoms with Gasteiger partial charge in [-0.1, -0.05) is 6.07 Å². The summed E-state index contributed by atoms with van der Waals surface area (Å²) in [6.45, 7) is 2.41. The Morgan fingerprint density at radius 1 is 1.42 bits per heavy atom. The number of nitrogens with zero attached hydrogens (tertiary/aromatic N) is 1. The van der Waals surface area contributed by atoms with Crippen LogP contribution in [0, 0.1) is 0 Å². The average molecular weight is 285 g/mol. The number of rotatable bonds is 4. The third kappa shape index (κ3) is 4.19. The van der Waals surface area contributed by atoms with Crippen LogP contribution in [0.2, 0.25) is 0 Å². The lowest BCUT2D eigenvalue weighted by Crippen LogP contribution is -2.30. The van der Waals surface area contributed by atoms with E-state index in [2.05, 4.69) is 4.90 Å². The SMILES string of the molecule is CS(=O)(=O)CCN1CCOc2ccc(CO)cc2C1. The normalized spacial score (nSPS) is 16.5.